The molecule has 0 aliphatic rings. The molecule has 0 heterocycles. The molecule has 480 valence electrons. The van der Waals surface area contributed by atoms with Gasteiger partial charge < -0.3 is 101 Å². The molecule has 0 saturated carbocycles. The van der Waals surface area contributed by atoms with E-state index >= 15 is 0 Å². The highest BCUT2D eigenvalue weighted by Gasteiger charge is 2.21. The number of benzene rings is 6. The van der Waals surface area contributed by atoms with Crippen molar-refractivity contribution in [2.75, 3.05) is 6.61 Å². The van der Waals surface area contributed by atoms with Crippen LogP contribution in [0.25, 0.3) is 0 Å². The number of ketones is 3. The minimum absolute atomic E-state index is 0.00606. The molecule has 6 aromatic rings. The van der Waals surface area contributed by atoms with Crippen LogP contribution in [0.2, 0.25) is 0 Å². The second kappa shape index (κ2) is 33.7. The van der Waals surface area contributed by atoms with Crippen LogP contribution in [-0.4, -0.2) is 141 Å². The number of hydrogen-bond acceptors (Lipinski definition) is 26. The molecular formula is C62H76O26. The normalized spacial score (nSPS) is 10.4. The maximum Gasteiger partial charge on any atom is 0.338 e. The van der Waals surface area contributed by atoms with Gasteiger partial charge in [0.05, 0.1) is 35.5 Å². The summed E-state index contributed by atoms with van der Waals surface area (Å²) in [5.74, 6) is -11.7. The lowest BCUT2D eigenvalue weighted by molar-refractivity contribution is 0.0366. The largest absolute Gasteiger partial charge is 0.504 e. The Morgan fingerprint density at radius 3 is 0.682 bits per heavy atom. The van der Waals surface area contributed by atoms with Gasteiger partial charge in [-0.1, -0.05) is 55.4 Å². The van der Waals surface area contributed by atoms with E-state index in [2.05, 4.69) is 0 Å². The maximum absolute atomic E-state index is 11.6. The summed E-state index contributed by atoms with van der Waals surface area (Å²) in [5, 5.41) is 155. The Balaban J connectivity index is 0.000000528. The number of rotatable bonds is 13. The minimum atomic E-state index is -0.671. The molecule has 6 rings (SSSR count). The summed E-state index contributed by atoms with van der Waals surface area (Å²) in [6.45, 7) is 22.8. The van der Waals surface area contributed by atoms with E-state index in [-0.39, 0.29) is 99.2 Å². The molecule has 0 aliphatic carbocycles. The van der Waals surface area contributed by atoms with Crippen molar-refractivity contribution in [3.05, 3.63) is 112 Å². The van der Waals surface area contributed by atoms with Gasteiger partial charge in [-0.3, -0.25) is 14.4 Å². The van der Waals surface area contributed by atoms with Crippen molar-refractivity contribution in [1.29, 1.82) is 0 Å². The lowest BCUT2D eigenvalue weighted by Gasteiger charge is -2.09. The molecule has 6 aromatic carbocycles. The van der Waals surface area contributed by atoms with E-state index in [0.717, 1.165) is 60.7 Å². The zero-order chi connectivity index (χ0) is 68.1. The van der Waals surface area contributed by atoms with Crippen molar-refractivity contribution < 1.29 is 130 Å². The SMILES string of the molecule is CC(C)C(=O)c1cc(O)c(O)c(O)c1.CC(C)C(=O)c1cc(O)c(O)c(O)c1.CC(C)COC(=O)c1cc(O)c(O)c(O)c1.CC(C)OC(=O)c1cc(O)c(O)c(O)c1.CC(C)OC(=O)c1cc(O)c(O)c(O)c1.Cc1cc(C(=O)C(C)C)cc(O)c1O. The van der Waals surface area contributed by atoms with Crippen molar-refractivity contribution in [3.8, 4) is 97.7 Å². The molecule has 26 nitrogen and oxygen atoms in total. The van der Waals surface area contributed by atoms with Gasteiger partial charge >= 0.3 is 17.9 Å². The monoisotopic (exact) mass is 1240 g/mol. The molecule has 0 atom stereocenters. The number of carbonyl (C=O) groups is 6. The zero-order valence-electron chi connectivity index (χ0n) is 50.4. The summed E-state index contributed by atoms with van der Waals surface area (Å²) in [4.78, 5) is 68.6. The molecule has 0 spiro atoms. The number of aromatic hydroxyl groups is 17. The Labute approximate surface area is 505 Å². The van der Waals surface area contributed by atoms with E-state index in [1.807, 2.05) is 13.8 Å². The van der Waals surface area contributed by atoms with Crippen LogP contribution in [-0.2, 0) is 14.2 Å². The molecule has 26 heteroatoms. The highest BCUT2D eigenvalue weighted by molar-refractivity contribution is 6.00. The number of phenolic OH excluding ortho intramolecular Hbond substituents is 17. The predicted octanol–water partition coefficient (Wildman–Crippen LogP) is 9.88. The number of carbonyl (C=O) groups excluding carboxylic acids is 6. The van der Waals surface area contributed by atoms with Crippen LogP contribution >= 0.6 is 0 Å². The zero-order valence-corrected chi connectivity index (χ0v) is 50.4. The first kappa shape index (κ1) is 75.4. The highest BCUT2D eigenvalue weighted by Crippen LogP contribution is 2.40. The van der Waals surface area contributed by atoms with E-state index in [4.69, 9.17) is 80.6 Å². The van der Waals surface area contributed by atoms with Crippen LogP contribution in [0.4, 0.5) is 0 Å². The number of Topliss-reactive ketones (excluding diaryl/α,β-unsaturated/α-hetero) is 3. The topological polar surface area (TPSA) is 474 Å². The molecule has 0 aliphatic heterocycles. The van der Waals surface area contributed by atoms with E-state index in [1.54, 1.807) is 82.2 Å². The Hall–Kier alpha value is -10.7. The summed E-state index contributed by atoms with van der Waals surface area (Å²) < 4.78 is 14.6. The van der Waals surface area contributed by atoms with Crippen molar-refractivity contribution in [3.63, 3.8) is 0 Å². The van der Waals surface area contributed by atoms with Crippen molar-refractivity contribution in [1.82, 2.24) is 0 Å². The van der Waals surface area contributed by atoms with Crippen LogP contribution in [0.3, 0.4) is 0 Å². The molecular weight excluding hydrogens is 1160 g/mol. The summed E-state index contributed by atoms with van der Waals surface area (Å²) in [7, 11) is 0. The minimum Gasteiger partial charge on any atom is -0.504 e. The van der Waals surface area contributed by atoms with E-state index < -0.39 is 104 Å². The van der Waals surface area contributed by atoms with E-state index in [1.165, 1.54) is 6.07 Å². The average Bonchev–Trinajstić information content (AvgIpc) is 3.43. The van der Waals surface area contributed by atoms with Gasteiger partial charge in [0.15, 0.2) is 115 Å². The standard InChI is InChI=1S/C11H14O5.C11H14O3.2C10H12O5.2C10H12O4/c1-6(2)5-16-11(15)7-3-8(12)10(14)9(13)4-7;1-6(2)10(13)8-4-7(3)11(14)9(12)5-8;2*1-5(2)15-10(14)6-3-7(11)9(13)8(12)4-6;2*1-5(2)9(13)6-3-7(11)10(14)8(12)4-6/h3-4,6,12-14H,5H2,1-2H3;4-6,12,14H,1-3H3;2*3-5,11-13H,1-2H3;2*3-5,11-12,14H,1-2H3. The van der Waals surface area contributed by atoms with Crippen LogP contribution < -0.4 is 0 Å². The highest BCUT2D eigenvalue weighted by atomic mass is 16.5. The van der Waals surface area contributed by atoms with E-state index in [0.29, 0.717) is 11.1 Å². The molecule has 88 heavy (non-hydrogen) atoms. The predicted molar refractivity (Wildman–Crippen MR) is 315 cm³/mol. The first-order valence-electron chi connectivity index (χ1n) is 26.5. The number of phenols is 17. The van der Waals surface area contributed by atoms with Crippen molar-refractivity contribution in [2.45, 2.75) is 102 Å². The first-order valence-corrected chi connectivity index (χ1v) is 26.5. The van der Waals surface area contributed by atoms with Crippen molar-refractivity contribution >= 4 is 35.3 Å². The molecule has 0 radical (unpaired) electrons. The number of hydrogen-bond donors (Lipinski definition) is 17. The van der Waals surface area contributed by atoms with Crippen molar-refractivity contribution in [2.24, 2.45) is 23.7 Å². The Morgan fingerprint density at radius 2 is 0.489 bits per heavy atom. The van der Waals surface area contributed by atoms with Gasteiger partial charge in [-0.2, -0.15) is 0 Å². The summed E-state index contributed by atoms with van der Waals surface area (Å²) >= 11 is 0. The van der Waals surface area contributed by atoms with Crippen LogP contribution in [0.5, 0.6) is 97.7 Å². The summed E-state index contributed by atoms with van der Waals surface area (Å²) in [5.41, 5.74) is 1.28. The molecule has 0 saturated heterocycles. The quantitative estimate of drug-likeness (QED) is 0.0221. The third-order valence-corrected chi connectivity index (χ3v) is 11.0. The fourth-order valence-corrected chi connectivity index (χ4v) is 6.45. The van der Waals surface area contributed by atoms with Crippen LogP contribution in [0.15, 0.2) is 72.8 Å². The molecule has 0 bridgehead atoms. The fourth-order valence-electron chi connectivity index (χ4n) is 6.45. The van der Waals surface area contributed by atoms with Gasteiger partial charge in [0.1, 0.15) is 0 Å². The number of esters is 3. The Kier molecular flexibility index (Phi) is 28.9. The third-order valence-electron chi connectivity index (χ3n) is 11.0. The lowest BCUT2D eigenvalue weighted by Crippen LogP contribution is -2.11. The smallest absolute Gasteiger partial charge is 0.338 e. The number of ether oxygens (including phenoxy) is 3. The van der Waals surface area contributed by atoms with Gasteiger partial charge in [-0.15, -0.1) is 0 Å². The first-order chi connectivity index (χ1) is 40.5. The van der Waals surface area contributed by atoms with Gasteiger partial charge in [0, 0.05) is 34.4 Å². The second-order valence-electron chi connectivity index (χ2n) is 20.9. The Morgan fingerprint density at radius 1 is 0.295 bits per heavy atom. The molecule has 17 N–H and O–H groups in total. The summed E-state index contributed by atoms with van der Waals surface area (Å²) in [6, 6.07) is 13.6. The van der Waals surface area contributed by atoms with Crippen LogP contribution in [0, 0.1) is 30.6 Å². The molecule has 0 amide bonds. The molecule has 0 unspecified atom stereocenters. The van der Waals surface area contributed by atoms with Crippen LogP contribution in [0.1, 0.15) is 151 Å². The van der Waals surface area contributed by atoms with Gasteiger partial charge in [0.25, 0.3) is 0 Å². The Bertz CT molecular complexity index is 3040. The molecule has 0 aromatic heterocycles. The second-order valence-corrected chi connectivity index (χ2v) is 20.9. The molecule has 0 fully saturated rings. The summed E-state index contributed by atoms with van der Waals surface area (Å²) in [6.07, 6.45) is -0.592. The van der Waals surface area contributed by atoms with Gasteiger partial charge in [-0.25, -0.2) is 14.4 Å². The lowest BCUT2D eigenvalue weighted by atomic mass is 9.99. The average molecular weight is 1240 g/mol. The van der Waals surface area contributed by atoms with Gasteiger partial charge in [0.2, 0.25) is 0 Å². The van der Waals surface area contributed by atoms with Gasteiger partial charge in [-0.05, 0) is 119 Å². The van der Waals surface area contributed by atoms with E-state index in [9.17, 15) is 49.2 Å². The fraction of sp³-hybridized carbons (Fsp3) is 0.323. The third kappa shape index (κ3) is 23.1. The number of aryl methyl sites for hydroxylation is 1. The maximum atomic E-state index is 11.6.